The molecule has 112 valence electrons. The summed E-state index contributed by atoms with van der Waals surface area (Å²) in [6.45, 7) is 0. The van der Waals surface area contributed by atoms with Gasteiger partial charge >= 0.3 is 0 Å². The Morgan fingerprint density at radius 1 is 0.783 bits per heavy atom. The standard InChI is InChI=1S/C20H17N3/c1-22-17-11-5-2-10-16(17)20(21)23-18-12-6-3-8-14(18)15-9-4-7-13-19(15)23/h2-13,21-22H,1H3. The lowest BCUT2D eigenvalue weighted by atomic mass is 10.1. The minimum Gasteiger partial charge on any atom is -0.388 e. The second-order valence-electron chi connectivity index (χ2n) is 5.51. The van der Waals surface area contributed by atoms with Crippen LogP contribution in [0.3, 0.4) is 0 Å². The van der Waals surface area contributed by atoms with E-state index in [2.05, 4.69) is 29.6 Å². The Balaban J connectivity index is 2.06. The van der Waals surface area contributed by atoms with Crippen LogP contribution in [0.25, 0.3) is 21.8 Å². The van der Waals surface area contributed by atoms with Crippen LogP contribution in [-0.2, 0) is 0 Å². The lowest BCUT2D eigenvalue weighted by Gasteiger charge is -2.13. The Bertz CT molecular complexity index is 974. The van der Waals surface area contributed by atoms with Crippen LogP contribution >= 0.6 is 0 Å². The molecule has 0 fully saturated rings. The van der Waals surface area contributed by atoms with Gasteiger partial charge in [-0.15, -0.1) is 0 Å². The van der Waals surface area contributed by atoms with Crippen molar-refractivity contribution in [2.45, 2.75) is 0 Å². The number of rotatable bonds is 2. The number of hydrogen-bond donors (Lipinski definition) is 2. The highest BCUT2D eigenvalue weighted by molar-refractivity contribution is 6.17. The molecule has 4 aromatic rings. The summed E-state index contributed by atoms with van der Waals surface area (Å²) in [6.07, 6.45) is 0. The van der Waals surface area contributed by atoms with Gasteiger partial charge < -0.3 is 5.32 Å². The smallest absolute Gasteiger partial charge is 0.139 e. The molecule has 0 radical (unpaired) electrons. The first-order valence-electron chi connectivity index (χ1n) is 7.65. The fraction of sp³-hybridized carbons (Fsp3) is 0.0500. The number of anilines is 1. The molecule has 2 N–H and O–H groups in total. The summed E-state index contributed by atoms with van der Waals surface area (Å²) < 4.78 is 2.03. The van der Waals surface area contributed by atoms with Crippen LogP contribution in [0.5, 0.6) is 0 Å². The highest BCUT2D eigenvalue weighted by atomic mass is 15.0. The molecule has 0 aliphatic rings. The zero-order valence-corrected chi connectivity index (χ0v) is 12.9. The minimum atomic E-state index is 0.479. The monoisotopic (exact) mass is 299 g/mol. The Morgan fingerprint density at radius 3 is 1.91 bits per heavy atom. The van der Waals surface area contributed by atoms with Crippen molar-refractivity contribution in [2.24, 2.45) is 0 Å². The van der Waals surface area contributed by atoms with Gasteiger partial charge in [0.2, 0.25) is 0 Å². The third kappa shape index (κ3) is 2.01. The van der Waals surface area contributed by atoms with Gasteiger partial charge in [0.05, 0.1) is 11.0 Å². The number of nitrogens with zero attached hydrogens (tertiary/aromatic N) is 1. The van der Waals surface area contributed by atoms with Crippen molar-refractivity contribution in [3.05, 3.63) is 78.4 Å². The molecule has 0 atom stereocenters. The maximum atomic E-state index is 8.82. The summed E-state index contributed by atoms with van der Waals surface area (Å²) in [7, 11) is 1.89. The zero-order valence-electron chi connectivity index (χ0n) is 12.9. The summed E-state index contributed by atoms with van der Waals surface area (Å²) in [6, 6.07) is 24.5. The third-order valence-corrected chi connectivity index (χ3v) is 4.26. The van der Waals surface area contributed by atoms with E-state index in [9.17, 15) is 0 Å². The number of aromatic nitrogens is 1. The summed E-state index contributed by atoms with van der Waals surface area (Å²) in [4.78, 5) is 0. The predicted octanol–water partition coefficient (Wildman–Crippen LogP) is 4.71. The Kier molecular flexibility index (Phi) is 3.12. The number of fused-ring (bicyclic) bond motifs is 3. The fourth-order valence-corrected chi connectivity index (χ4v) is 3.19. The molecule has 0 bridgehead atoms. The second-order valence-corrected chi connectivity index (χ2v) is 5.51. The van der Waals surface area contributed by atoms with Crippen molar-refractivity contribution < 1.29 is 0 Å². The molecule has 23 heavy (non-hydrogen) atoms. The molecule has 0 unspecified atom stereocenters. The summed E-state index contributed by atoms with van der Waals surface area (Å²) in [5, 5.41) is 14.4. The van der Waals surface area contributed by atoms with Crippen molar-refractivity contribution in [1.29, 1.82) is 5.41 Å². The van der Waals surface area contributed by atoms with Crippen molar-refractivity contribution in [3.8, 4) is 0 Å². The average molecular weight is 299 g/mol. The van der Waals surface area contributed by atoms with E-state index in [1.54, 1.807) is 0 Å². The molecule has 0 aliphatic heterocycles. The summed E-state index contributed by atoms with van der Waals surface area (Å²) >= 11 is 0. The quantitative estimate of drug-likeness (QED) is 0.408. The molecular formula is C20H17N3. The first-order valence-corrected chi connectivity index (χ1v) is 7.65. The van der Waals surface area contributed by atoms with E-state index in [0.717, 1.165) is 22.3 Å². The Hall–Kier alpha value is -3.07. The van der Waals surface area contributed by atoms with Crippen molar-refractivity contribution in [1.82, 2.24) is 4.57 Å². The molecule has 0 aliphatic carbocycles. The maximum absolute atomic E-state index is 8.82. The Labute approximate surface area is 134 Å². The maximum Gasteiger partial charge on any atom is 0.139 e. The highest BCUT2D eigenvalue weighted by Crippen LogP contribution is 2.30. The zero-order chi connectivity index (χ0) is 15.8. The van der Waals surface area contributed by atoms with Gasteiger partial charge in [0.25, 0.3) is 0 Å². The molecule has 1 heterocycles. The van der Waals surface area contributed by atoms with Crippen molar-refractivity contribution in [3.63, 3.8) is 0 Å². The molecule has 3 aromatic carbocycles. The molecule has 4 rings (SSSR count). The molecule has 0 spiro atoms. The molecule has 0 saturated carbocycles. The van der Waals surface area contributed by atoms with Crippen LogP contribution in [0.4, 0.5) is 5.69 Å². The first-order chi connectivity index (χ1) is 11.3. The lowest BCUT2D eigenvalue weighted by Crippen LogP contribution is -2.13. The molecule has 3 heteroatoms. The topological polar surface area (TPSA) is 40.8 Å². The van der Waals surface area contributed by atoms with E-state index in [-0.39, 0.29) is 0 Å². The van der Waals surface area contributed by atoms with Crippen LogP contribution in [0.2, 0.25) is 0 Å². The Morgan fingerprint density at radius 2 is 1.30 bits per heavy atom. The van der Waals surface area contributed by atoms with E-state index in [0.29, 0.717) is 5.84 Å². The third-order valence-electron chi connectivity index (χ3n) is 4.26. The van der Waals surface area contributed by atoms with Crippen molar-refractivity contribution >= 4 is 33.3 Å². The normalized spacial score (nSPS) is 11.0. The van der Waals surface area contributed by atoms with E-state index < -0.39 is 0 Å². The fourth-order valence-electron chi connectivity index (χ4n) is 3.19. The molecule has 3 nitrogen and oxygen atoms in total. The van der Waals surface area contributed by atoms with Gasteiger partial charge in [-0.3, -0.25) is 9.98 Å². The predicted molar refractivity (Wildman–Crippen MR) is 97.7 cm³/mol. The number of hydrogen-bond acceptors (Lipinski definition) is 2. The van der Waals surface area contributed by atoms with Crippen LogP contribution < -0.4 is 5.32 Å². The van der Waals surface area contributed by atoms with Crippen molar-refractivity contribution in [2.75, 3.05) is 12.4 Å². The van der Waals surface area contributed by atoms with E-state index in [1.165, 1.54) is 10.8 Å². The molecule has 1 aromatic heterocycles. The summed E-state index contributed by atoms with van der Waals surface area (Å²) in [5.74, 6) is 0.479. The number of benzene rings is 3. The molecular weight excluding hydrogens is 282 g/mol. The molecule has 0 saturated heterocycles. The SMILES string of the molecule is CNc1ccccc1C(=N)n1c2ccccc2c2ccccc21. The highest BCUT2D eigenvalue weighted by Gasteiger charge is 2.15. The van der Waals surface area contributed by atoms with Gasteiger partial charge in [0.1, 0.15) is 5.84 Å². The minimum absolute atomic E-state index is 0.479. The van der Waals surface area contributed by atoms with E-state index in [4.69, 9.17) is 5.41 Å². The van der Waals surface area contributed by atoms with Crippen LogP contribution in [0.1, 0.15) is 5.56 Å². The first kappa shape index (κ1) is 13.6. The van der Waals surface area contributed by atoms with E-state index in [1.807, 2.05) is 60.1 Å². The van der Waals surface area contributed by atoms with Crippen LogP contribution in [-0.4, -0.2) is 17.5 Å². The van der Waals surface area contributed by atoms with Gasteiger partial charge in [0, 0.05) is 29.1 Å². The number of nitrogens with one attached hydrogen (secondary N) is 2. The van der Waals surface area contributed by atoms with Gasteiger partial charge in [0.15, 0.2) is 0 Å². The van der Waals surface area contributed by atoms with Gasteiger partial charge in [-0.2, -0.15) is 0 Å². The lowest BCUT2D eigenvalue weighted by molar-refractivity contribution is 1.22. The summed E-state index contributed by atoms with van der Waals surface area (Å²) in [5.41, 5.74) is 3.97. The van der Waals surface area contributed by atoms with Gasteiger partial charge in [-0.1, -0.05) is 48.5 Å². The van der Waals surface area contributed by atoms with Crippen LogP contribution in [0.15, 0.2) is 72.8 Å². The van der Waals surface area contributed by atoms with E-state index >= 15 is 0 Å². The largest absolute Gasteiger partial charge is 0.388 e. The van der Waals surface area contributed by atoms with Gasteiger partial charge in [-0.05, 0) is 24.3 Å². The molecule has 0 amide bonds. The van der Waals surface area contributed by atoms with Crippen LogP contribution in [0, 0.1) is 5.41 Å². The average Bonchev–Trinajstić information content (AvgIpc) is 2.95. The second kappa shape index (κ2) is 5.29. The number of para-hydroxylation sites is 3. The van der Waals surface area contributed by atoms with Gasteiger partial charge in [-0.25, -0.2) is 0 Å².